The molecule has 112 valence electrons. The van der Waals surface area contributed by atoms with Crippen LogP contribution in [-0.4, -0.2) is 15.9 Å². The largest absolute Gasteiger partial charge is 0.342 e. The first-order valence-electron chi connectivity index (χ1n) is 6.37. The van der Waals surface area contributed by atoms with Gasteiger partial charge in [0.25, 0.3) is 5.91 Å². The summed E-state index contributed by atoms with van der Waals surface area (Å²) in [6.07, 6.45) is 0. The number of H-pyrrole nitrogens is 1. The van der Waals surface area contributed by atoms with Gasteiger partial charge >= 0.3 is 0 Å². The lowest BCUT2D eigenvalue weighted by atomic mass is 10.1. The Kier molecular flexibility index (Phi) is 3.32. The molecule has 1 aromatic heterocycles. The van der Waals surface area contributed by atoms with E-state index in [9.17, 15) is 18.0 Å². The van der Waals surface area contributed by atoms with Crippen molar-refractivity contribution in [2.24, 2.45) is 0 Å². The lowest BCUT2D eigenvalue weighted by Gasteiger charge is -2.07. The Morgan fingerprint density at radius 2 is 1.91 bits per heavy atom. The highest BCUT2D eigenvalue weighted by atomic mass is 19.2. The molecule has 0 spiro atoms. The van der Waals surface area contributed by atoms with E-state index in [-0.39, 0.29) is 5.56 Å². The minimum atomic E-state index is -1.63. The van der Waals surface area contributed by atoms with Crippen molar-refractivity contribution >= 4 is 22.6 Å². The number of para-hydroxylation sites is 1. The summed E-state index contributed by atoms with van der Waals surface area (Å²) in [5.74, 6) is -4.44. The SMILES string of the molecule is Cc1nc2c(C(=O)Nc3ccc(F)c(F)c3F)cccc2[nH]1. The molecule has 0 unspecified atom stereocenters. The van der Waals surface area contributed by atoms with Crippen LogP contribution in [0.5, 0.6) is 0 Å². The Morgan fingerprint density at radius 3 is 2.68 bits per heavy atom. The molecule has 0 aliphatic carbocycles. The van der Waals surface area contributed by atoms with E-state index in [0.717, 1.165) is 12.1 Å². The standard InChI is InChI=1S/C15H10F3N3O/c1-7-19-11-4-2-3-8(14(11)20-7)15(22)21-10-6-5-9(16)12(17)13(10)18/h2-6H,1H3,(H,19,20)(H,21,22). The van der Waals surface area contributed by atoms with E-state index in [1.807, 2.05) is 0 Å². The van der Waals surface area contributed by atoms with E-state index in [2.05, 4.69) is 15.3 Å². The average Bonchev–Trinajstić information content (AvgIpc) is 2.87. The zero-order valence-corrected chi connectivity index (χ0v) is 11.4. The maximum absolute atomic E-state index is 13.6. The number of hydrogen-bond donors (Lipinski definition) is 2. The summed E-state index contributed by atoms with van der Waals surface area (Å²) in [7, 11) is 0. The van der Waals surface area contributed by atoms with E-state index >= 15 is 0 Å². The number of rotatable bonds is 2. The predicted octanol–water partition coefficient (Wildman–Crippen LogP) is 3.54. The highest BCUT2D eigenvalue weighted by Crippen LogP contribution is 2.22. The van der Waals surface area contributed by atoms with E-state index in [1.54, 1.807) is 19.1 Å². The molecule has 1 heterocycles. The molecule has 2 N–H and O–H groups in total. The molecule has 0 saturated carbocycles. The third-order valence-electron chi connectivity index (χ3n) is 3.16. The number of nitrogens with zero attached hydrogens (tertiary/aromatic N) is 1. The fourth-order valence-electron chi connectivity index (χ4n) is 2.15. The predicted molar refractivity (Wildman–Crippen MR) is 75.1 cm³/mol. The lowest BCUT2D eigenvalue weighted by Crippen LogP contribution is -2.14. The molecule has 4 nitrogen and oxygen atoms in total. The van der Waals surface area contributed by atoms with Gasteiger partial charge in [-0.2, -0.15) is 0 Å². The number of benzene rings is 2. The van der Waals surface area contributed by atoms with Crippen LogP contribution in [0.3, 0.4) is 0 Å². The van der Waals surface area contributed by atoms with Crippen LogP contribution in [0.15, 0.2) is 30.3 Å². The lowest BCUT2D eigenvalue weighted by molar-refractivity contribution is 0.102. The van der Waals surface area contributed by atoms with Crippen molar-refractivity contribution in [2.45, 2.75) is 6.92 Å². The van der Waals surface area contributed by atoms with Gasteiger partial charge in [0.15, 0.2) is 17.5 Å². The molecule has 0 radical (unpaired) electrons. The number of imidazole rings is 1. The van der Waals surface area contributed by atoms with Crippen LogP contribution in [0.25, 0.3) is 11.0 Å². The van der Waals surface area contributed by atoms with Crippen LogP contribution in [0.1, 0.15) is 16.2 Å². The summed E-state index contributed by atoms with van der Waals surface area (Å²) >= 11 is 0. The maximum atomic E-state index is 13.6. The van der Waals surface area contributed by atoms with Crippen molar-refractivity contribution < 1.29 is 18.0 Å². The summed E-state index contributed by atoms with van der Waals surface area (Å²) in [6, 6.07) is 6.59. The molecule has 0 bridgehead atoms. The van der Waals surface area contributed by atoms with E-state index in [4.69, 9.17) is 0 Å². The second kappa shape index (κ2) is 5.18. The number of anilines is 1. The van der Waals surface area contributed by atoms with Gasteiger partial charge in [-0.1, -0.05) is 6.07 Å². The number of nitrogens with one attached hydrogen (secondary N) is 2. The third kappa shape index (κ3) is 2.30. The quantitative estimate of drug-likeness (QED) is 0.711. The summed E-state index contributed by atoms with van der Waals surface area (Å²) in [6.45, 7) is 1.73. The highest BCUT2D eigenvalue weighted by Gasteiger charge is 2.18. The van der Waals surface area contributed by atoms with Crippen molar-refractivity contribution in [2.75, 3.05) is 5.32 Å². The number of aryl methyl sites for hydroxylation is 1. The first-order valence-corrected chi connectivity index (χ1v) is 6.37. The summed E-state index contributed by atoms with van der Waals surface area (Å²) < 4.78 is 39.7. The molecule has 0 fully saturated rings. The summed E-state index contributed by atoms with van der Waals surface area (Å²) in [4.78, 5) is 19.4. The number of aromatic nitrogens is 2. The van der Waals surface area contributed by atoms with Gasteiger partial charge < -0.3 is 10.3 Å². The van der Waals surface area contributed by atoms with Crippen LogP contribution >= 0.6 is 0 Å². The van der Waals surface area contributed by atoms with Crippen LogP contribution in [0.2, 0.25) is 0 Å². The topological polar surface area (TPSA) is 57.8 Å². The van der Waals surface area contributed by atoms with E-state index < -0.39 is 29.0 Å². The fraction of sp³-hybridized carbons (Fsp3) is 0.0667. The van der Waals surface area contributed by atoms with Crippen LogP contribution in [-0.2, 0) is 0 Å². The van der Waals surface area contributed by atoms with Crippen molar-refractivity contribution in [1.29, 1.82) is 0 Å². The first kappa shape index (κ1) is 14.1. The van der Waals surface area contributed by atoms with Gasteiger partial charge in [0.05, 0.1) is 16.8 Å². The number of halogens is 3. The smallest absolute Gasteiger partial charge is 0.258 e. The van der Waals surface area contributed by atoms with Crippen LogP contribution < -0.4 is 5.32 Å². The number of carbonyl (C=O) groups excluding carboxylic acids is 1. The van der Waals surface area contributed by atoms with Gasteiger partial charge in [-0.15, -0.1) is 0 Å². The molecule has 0 aliphatic rings. The van der Waals surface area contributed by atoms with Gasteiger partial charge in [0.2, 0.25) is 0 Å². The molecule has 2 aromatic carbocycles. The Labute approximate surface area is 123 Å². The van der Waals surface area contributed by atoms with Gasteiger partial charge in [-0.25, -0.2) is 18.2 Å². The van der Waals surface area contributed by atoms with Crippen molar-refractivity contribution in [3.8, 4) is 0 Å². The molecule has 22 heavy (non-hydrogen) atoms. The fourth-order valence-corrected chi connectivity index (χ4v) is 2.15. The van der Waals surface area contributed by atoms with Crippen LogP contribution in [0.4, 0.5) is 18.9 Å². The maximum Gasteiger partial charge on any atom is 0.258 e. The van der Waals surface area contributed by atoms with Crippen LogP contribution in [0, 0.1) is 24.4 Å². The monoisotopic (exact) mass is 305 g/mol. The molecule has 1 amide bonds. The van der Waals surface area contributed by atoms with Crippen molar-refractivity contribution in [3.05, 3.63) is 59.2 Å². The van der Waals surface area contributed by atoms with E-state index in [0.29, 0.717) is 16.9 Å². The minimum Gasteiger partial charge on any atom is -0.342 e. The molecule has 3 aromatic rings. The van der Waals surface area contributed by atoms with Gasteiger partial charge in [-0.05, 0) is 31.2 Å². The first-order chi connectivity index (χ1) is 10.5. The number of hydrogen-bond acceptors (Lipinski definition) is 2. The number of amides is 1. The molecular formula is C15H10F3N3O. The molecule has 0 atom stereocenters. The normalized spacial score (nSPS) is 10.9. The Hall–Kier alpha value is -2.83. The molecule has 0 aliphatic heterocycles. The second-order valence-electron chi connectivity index (χ2n) is 4.70. The highest BCUT2D eigenvalue weighted by molar-refractivity contribution is 6.11. The molecule has 3 rings (SSSR count). The zero-order valence-electron chi connectivity index (χ0n) is 11.4. The second-order valence-corrected chi connectivity index (χ2v) is 4.70. The minimum absolute atomic E-state index is 0.200. The van der Waals surface area contributed by atoms with Gasteiger partial charge in [0, 0.05) is 0 Å². The van der Waals surface area contributed by atoms with E-state index in [1.165, 1.54) is 6.07 Å². The Balaban J connectivity index is 1.99. The van der Waals surface area contributed by atoms with Crippen molar-refractivity contribution in [1.82, 2.24) is 9.97 Å². The average molecular weight is 305 g/mol. The number of fused-ring (bicyclic) bond motifs is 1. The summed E-state index contributed by atoms with van der Waals surface area (Å²) in [5, 5.41) is 2.22. The van der Waals surface area contributed by atoms with Gasteiger partial charge in [-0.3, -0.25) is 4.79 Å². The van der Waals surface area contributed by atoms with Crippen molar-refractivity contribution in [3.63, 3.8) is 0 Å². The summed E-state index contributed by atoms with van der Waals surface area (Å²) in [5.41, 5.74) is 0.829. The third-order valence-corrected chi connectivity index (χ3v) is 3.16. The zero-order chi connectivity index (χ0) is 15.9. The number of aromatic amines is 1. The Bertz CT molecular complexity index is 889. The molecule has 7 heteroatoms. The molecular weight excluding hydrogens is 295 g/mol. The Morgan fingerprint density at radius 1 is 1.14 bits per heavy atom. The number of carbonyl (C=O) groups is 1. The molecule has 0 saturated heterocycles. The van der Waals surface area contributed by atoms with Gasteiger partial charge in [0.1, 0.15) is 11.3 Å².